The van der Waals surface area contributed by atoms with Crippen molar-refractivity contribution >= 4 is 27.8 Å². The highest BCUT2D eigenvalue weighted by Gasteiger charge is 2.31. The van der Waals surface area contributed by atoms with Crippen molar-refractivity contribution in [1.82, 2.24) is 4.72 Å². The summed E-state index contributed by atoms with van der Waals surface area (Å²) in [5, 5.41) is 8.98. The highest BCUT2D eigenvalue weighted by Crippen LogP contribution is 2.30. The van der Waals surface area contributed by atoms with Gasteiger partial charge in [-0.15, -0.1) is 11.8 Å². The number of unbranched alkanes of at least 4 members (excludes halogenated alkanes) is 2. The molecule has 0 spiro atoms. The van der Waals surface area contributed by atoms with E-state index in [1.165, 1.54) is 11.8 Å². The minimum absolute atomic E-state index is 0.103. The van der Waals surface area contributed by atoms with Gasteiger partial charge in [-0.3, -0.25) is 4.79 Å². The predicted octanol–water partition coefficient (Wildman–Crippen LogP) is 3.75. The highest BCUT2D eigenvalue weighted by molar-refractivity contribution is 8.01. The van der Waals surface area contributed by atoms with Crippen LogP contribution in [0.1, 0.15) is 38.7 Å². The van der Waals surface area contributed by atoms with E-state index in [1.54, 1.807) is 13.8 Å². The van der Waals surface area contributed by atoms with Gasteiger partial charge < -0.3 is 5.11 Å². The van der Waals surface area contributed by atoms with Gasteiger partial charge in [-0.05, 0) is 50.6 Å². The molecule has 0 atom stereocenters. The number of aliphatic carboxylic acids is 1. The Morgan fingerprint density at radius 3 is 2.42 bits per heavy atom. The maximum Gasteiger partial charge on any atom is 0.416 e. The first kappa shape index (κ1) is 22.8. The van der Waals surface area contributed by atoms with Gasteiger partial charge in [-0.1, -0.05) is 12.5 Å². The van der Waals surface area contributed by atoms with E-state index < -0.39 is 37.4 Å². The van der Waals surface area contributed by atoms with E-state index in [1.807, 2.05) is 0 Å². The fourth-order valence-corrected chi connectivity index (χ4v) is 4.02. The molecule has 1 aromatic carbocycles. The van der Waals surface area contributed by atoms with Crippen LogP contribution in [0.5, 0.6) is 0 Å². The molecule has 5 nitrogen and oxygen atoms in total. The van der Waals surface area contributed by atoms with Gasteiger partial charge in [-0.25, -0.2) is 13.1 Å². The fraction of sp³-hybridized carbons (Fsp3) is 0.562. The van der Waals surface area contributed by atoms with Crippen LogP contribution in [0.25, 0.3) is 0 Å². The predicted molar refractivity (Wildman–Crippen MR) is 94.7 cm³/mol. The first-order chi connectivity index (χ1) is 11.9. The average Bonchev–Trinajstić information content (AvgIpc) is 2.53. The van der Waals surface area contributed by atoms with Crippen LogP contribution in [0.4, 0.5) is 13.2 Å². The van der Waals surface area contributed by atoms with Crippen LogP contribution in [-0.4, -0.2) is 36.5 Å². The van der Waals surface area contributed by atoms with Crippen molar-refractivity contribution in [3.63, 3.8) is 0 Å². The summed E-state index contributed by atoms with van der Waals surface area (Å²) in [6.07, 6.45) is -2.71. The molecule has 0 aliphatic heterocycles. The number of thioether (sulfide) groups is 1. The summed E-state index contributed by atoms with van der Waals surface area (Å²) in [6.45, 7) is 3.33. The van der Waals surface area contributed by atoms with Crippen molar-refractivity contribution in [2.45, 2.75) is 48.9 Å². The number of carboxylic acid groups (broad SMARTS) is 1. The molecular formula is C16H22F3NO4S2. The zero-order valence-corrected chi connectivity index (χ0v) is 16.1. The van der Waals surface area contributed by atoms with Crippen LogP contribution >= 0.6 is 11.8 Å². The molecule has 10 heteroatoms. The molecule has 0 amide bonds. The molecule has 1 aromatic rings. The molecule has 0 aliphatic rings. The Hall–Kier alpha value is -1.26. The van der Waals surface area contributed by atoms with E-state index in [4.69, 9.17) is 5.11 Å². The van der Waals surface area contributed by atoms with Gasteiger partial charge in [0.2, 0.25) is 10.0 Å². The summed E-state index contributed by atoms with van der Waals surface area (Å²) in [6, 6.07) is 3.59. The molecule has 0 aliphatic carbocycles. The maximum absolute atomic E-state index is 12.7. The molecule has 0 bridgehead atoms. The van der Waals surface area contributed by atoms with Crippen LogP contribution in [0.3, 0.4) is 0 Å². The summed E-state index contributed by atoms with van der Waals surface area (Å²) >= 11 is 1.31. The summed E-state index contributed by atoms with van der Waals surface area (Å²) in [4.78, 5) is 10.5. The van der Waals surface area contributed by atoms with Crippen molar-refractivity contribution < 1.29 is 31.5 Å². The molecule has 0 unspecified atom stereocenters. The smallest absolute Gasteiger partial charge is 0.416 e. The topological polar surface area (TPSA) is 83.5 Å². The number of benzene rings is 1. The summed E-state index contributed by atoms with van der Waals surface area (Å²) in [5.41, 5.74) is -1.02. The van der Waals surface area contributed by atoms with Gasteiger partial charge in [0.15, 0.2) is 0 Å². The zero-order chi connectivity index (χ0) is 20.0. The molecular weight excluding hydrogens is 391 g/mol. The minimum atomic E-state index is -4.60. The third-order valence-electron chi connectivity index (χ3n) is 3.56. The van der Waals surface area contributed by atoms with Crippen molar-refractivity contribution in [3.05, 3.63) is 29.8 Å². The second-order valence-corrected chi connectivity index (χ2v) is 9.63. The van der Waals surface area contributed by atoms with Crippen LogP contribution < -0.4 is 4.72 Å². The monoisotopic (exact) mass is 413 g/mol. The van der Waals surface area contributed by atoms with Crippen molar-refractivity contribution in [3.8, 4) is 0 Å². The Balaban J connectivity index is 2.42. The standard InChI is InChI=1S/C16H22F3NO4S2/c1-15(2,14(21)22)25-10-5-3-4-9-20-26(23,24)13-8-6-7-12(11-13)16(17,18)19/h6-8,11,20H,3-5,9-10H2,1-2H3,(H,21,22). The largest absolute Gasteiger partial charge is 0.480 e. The Bertz CT molecular complexity index is 718. The molecule has 0 fully saturated rings. The second kappa shape index (κ2) is 9.09. The van der Waals surface area contributed by atoms with Crippen LogP contribution in [0.15, 0.2) is 29.2 Å². The molecule has 0 aromatic heterocycles. The fourth-order valence-electron chi connectivity index (χ4n) is 1.92. The van der Waals surface area contributed by atoms with E-state index in [2.05, 4.69) is 4.72 Å². The third-order valence-corrected chi connectivity index (χ3v) is 6.41. The zero-order valence-electron chi connectivity index (χ0n) is 14.5. The van der Waals surface area contributed by atoms with Gasteiger partial charge in [0, 0.05) is 6.54 Å². The van der Waals surface area contributed by atoms with Crippen molar-refractivity contribution in [2.75, 3.05) is 12.3 Å². The SMILES string of the molecule is CC(C)(SCCCCCNS(=O)(=O)c1cccc(C(F)(F)F)c1)C(=O)O. The number of carbonyl (C=O) groups is 1. The van der Waals surface area contributed by atoms with Crippen molar-refractivity contribution in [2.24, 2.45) is 0 Å². The summed E-state index contributed by atoms with van der Waals surface area (Å²) in [7, 11) is -4.00. The molecule has 1 rings (SSSR count). The second-order valence-electron chi connectivity index (χ2n) is 6.15. The van der Waals surface area contributed by atoms with Crippen LogP contribution in [0.2, 0.25) is 0 Å². The first-order valence-corrected chi connectivity index (χ1v) is 10.4. The lowest BCUT2D eigenvalue weighted by Crippen LogP contribution is -2.27. The molecule has 26 heavy (non-hydrogen) atoms. The Morgan fingerprint density at radius 2 is 1.85 bits per heavy atom. The first-order valence-electron chi connectivity index (χ1n) is 7.90. The number of alkyl halides is 3. The average molecular weight is 413 g/mol. The molecule has 148 valence electrons. The number of halogens is 3. The maximum atomic E-state index is 12.7. The van der Waals surface area contributed by atoms with E-state index in [9.17, 15) is 26.4 Å². The lowest BCUT2D eigenvalue weighted by molar-refractivity contribution is -0.139. The minimum Gasteiger partial charge on any atom is -0.480 e. The molecule has 0 radical (unpaired) electrons. The highest BCUT2D eigenvalue weighted by atomic mass is 32.2. The van der Waals surface area contributed by atoms with Gasteiger partial charge in [-0.2, -0.15) is 13.2 Å². The molecule has 0 heterocycles. The van der Waals surface area contributed by atoms with Gasteiger partial charge in [0.25, 0.3) is 0 Å². The Kier molecular flexibility index (Phi) is 7.97. The number of hydrogen-bond donors (Lipinski definition) is 2. The van der Waals surface area contributed by atoms with E-state index in [0.717, 1.165) is 18.2 Å². The van der Waals surface area contributed by atoms with Gasteiger partial charge in [0.05, 0.1) is 10.5 Å². The van der Waals surface area contributed by atoms with Crippen LogP contribution in [-0.2, 0) is 21.0 Å². The number of rotatable bonds is 10. The third kappa shape index (κ3) is 7.16. The Morgan fingerprint density at radius 1 is 1.19 bits per heavy atom. The van der Waals surface area contributed by atoms with E-state index in [-0.39, 0.29) is 6.54 Å². The lowest BCUT2D eigenvalue weighted by Gasteiger charge is -2.18. The van der Waals surface area contributed by atoms with Gasteiger partial charge >= 0.3 is 12.1 Å². The normalized spacial score (nSPS) is 13.0. The quantitative estimate of drug-likeness (QED) is 0.571. The van der Waals surface area contributed by atoms with Crippen molar-refractivity contribution in [1.29, 1.82) is 0 Å². The molecule has 0 saturated carbocycles. The number of sulfonamides is 1. The molecule has 0 saturated heterocycles. The number of nitrogens with one attached hydrogen (secondary N) is 1. The Labute approximate surface area is 155 Å². The summed E-state index contributed by atoms with van der Waals surface area (Å²) in [5.74, 6) is -0.268. The van der Waals surface area contributed by atoms with Gasteiger partial charge in [0.1, 0.15) is 4.75 Å². The van der Waals surface area contributed by atoms with E-state index >= 15 is 0 Å². The lowest BCUT2D eigenvalue weighted by atomic mass is 10.2. The number of carboxylic acids is 1. The molecule has 2 N–H and O–H groups in total. The summed E-state index contributed by atoms with van der Waals surface area (Å²) < 4.78 is 63.5. The van der Waals surface area contributed by atoms with Crippen LogP contribution in [0, 0.1) is 0 Å². The number of hydrogen-bond acceptors (Lipinski definition) is 4. The van der Waals surface area contributed by atoms with E-state index in [0.29, 0.717) is 31.1 Å².